The normalized spacial score (nSPS) is 11.9. The molecule has 0 aliphatic rings. The molecule has 0 radical (unpaired) electrons. The standard InChI is InChI=1S/C13H18BrNO2/c1-3-9-17-13(16)15-12(4-2)10-5-7-11(14)8-6-10/h5-8,12H,3-4,9H2,1-2H3,(H,15,16). The minimum Gasteiger partial charge on any atom is -0.450 e. The monoisotopic (exact) mass is 299 g/mol. The molecule has 3 nitrogen and oxygen atoms in total. The molecule has 1 atom stereocenters. The lowest BCUT2D eigenvalue weighted by atomic mass is 10.1. The fourth-order valence-electron chi connectivity index (χ4n) is 1.49. The van der Waals surface area contributed by atoms with E-state index in [1.54, 1.807) is 0 Å². The van der Waals surface area contributed by atoms with Crippen LogP contribution in [-0.4, -0.2) is 12.7 Å². The summed E-state index contributed by atoms with van der Waals surface area (Å²) in [5, 5.41) is 2.86. The van der Waals surface area contributed by atoms with Crippen LogP contribution in [0.2, 0.25) is 0 Å². The number of benzene rings is 1. The number of carbonyl (C=O) groups excluding carboxylic acids is 1. The van der Waals surface area contributed by atoms with Gasteiger partial charge in [0.1, 0.15) is 0 Å². The summed E-state index contributed by atoms with van der Waals surface area (Å²) in [6, 6.07) is 7.94. The number of amides is 1. The lowest BCUT2D eigenvalue weighted by Gasteiger charge is -2.17. The van der Waals surface area contributed by atoms with Crippen LogP contribution in [-0.2, 0) is 4.74 Å². The zero-order valence-electron chi connectivity index (χ0n) is 10.2. The topological polar surface area (TPSA) is 38.3 Å². The van der Waals surface area contributed by atoms with Crippen molar-refractivity contribution in [3.8, 4) is 0 Å². The van der Waals surface area contributed by atoms with Gasteiger partial charge in [0.2, 0.25) is 0 Å². The largest absolute Gasteiger partial charge is 0.450 e. The first-order chi connectivity index (χ1) is 8.17. The number of hydrogen-bond donors (Lipinski definition) is 1. The van der Waals surface area contributed by atoms with E-state index in [1.807, 2.05) is 38.1 Å². The van der Waals surface area contributed by atoms with Crippen LogP contribution < -0.4 is 5.32 Å². The average Bonchev–Trinajstić information content (AvgIpc) is 2.34. The Morgan fingerprint density at radius 3 is 2.53 bits per heavy atom. The molecular formula is C13H18BrNO2. The highest BCUT2D eigenvalue weighted by molar-refractivity contribution is 9.10. The number of alkyl carbamates (subject to hydrolysis) is 1. The SMILES string of the molecule is CCCOC(=O)NC(CC)c1ccc(Br)cc1. The highest BCUT2D eigenvalue weighted by Crippen LogP contribution is 2.19. The van der Waals surface area contributed by atoms with Crippen LogP contribution in [0.3, 0.4) is 0 Å². The molecule has 1 aromatic carbocycles. The van der Waals surface area contributed by atoms with Gasteiger partial charge in [0.05, 0.1) is 12.6 Å². The predicted molar refractivity (Wildman–Crippen MR) is 71.9 cm³/mol. The lowest BCUT2D eigenvalue weighted by molar-refractivity contribution is 0.142. The Bertz CT molecular complexity index is 351. The third kappa shape index (κ3) is 4.77. The molecule has 1 aromatic rings. The molecule has 1 rings (SSSR count). The van der Waals surface area contributed by atoms with E-state index in [-0.39, 0.29) is 12.1 Å². The van der Waals surface area contributed by atoms with E-state index in [1.165, 1.54) is 0 Å². The molecule has 17 heavy (non-hydrogen) atoms. The fraction of sp³-hybridized carbons (Fsp3) is 0.462. The van der Waals surface area contributed by atoms with Crippen molar-refractivity contribution in [3.05, 3.63) is 34.3 Å². The van der Waals surface area contributed by atoms with Crippen molar-refractivity contribution >= 4 is 22.0 Å². The zero-order chi connectivity index (χ0) is 12.7. The first-order valence-corrected chi connectivity index (χ1v) is 6.65. The van der Waals surface area contributed by atoms with Gasteiger partial charge in [-0.25, -0.2) is 4.79 Å². The van der Waals surface area contributed by atoms with Gasteiger partial charge in [-0.1, -0.05) is 41.9 Å². The first kappa shape index (κ1) is 14.0. The maximum absolute atomic E-state index is 11.5. The molecule has 0 bridgehead atoms. The molecule has 0 saturated heterocycles. The quantitative estimate of drug-likeness (QED) is 0.891. The predicted octanol–water partition coefficient (Wildman–Crippen LogP) is 4.04. The summed E-state index contributed by atoms with van der Waals surface area (Å²) in [7, 11) is 0. The van der Waals surface area contributed by atoms with Gasteiger partial charge in [-0.15, -0.1) is 0 Å². The third-order valence-electron chi connectivity index (χ3n) is 2.41. The number of ether oxygens (including phenoxy) is 1. The summed E-state index contributed by atoms with van der Waals surface area (Å²) in [6.07, 6.45) is 1.33. The summed E-state index contributed by atoms with van der Waals surface area (Å²) in [5.74, 6) is 0. The summed E-state index contributed by atoms with van der Waals surface area (Å²) in [6.45, 7) is 4.47. The summed E-state index contributed by atoms with van der Waals surface area (Å²) in [5.41, 5.74) is 1.09. The molecular weight excluding hydrogens is 282 g/mol. The Hall–Kier alpha value is -1.03. The molecule has 0 fully saturated rings. The average molecular weight is 300 g/mol. The molecule has 0 aliphatic heterocycles. The van der Waals surface area contributed by atoms with E-state index in [0.717, 1.165) is 22.9 Å². The van der Waals surface area contributed by atoms with Crippen LogP contribution in [0, 0.1) is 0 Å². The Balaban J connectivity index is 2.59. The maximum Gasteiger partial charge on any atom is 0.407 e. The summed E-state index contributed by atoms with van der Waals surface area (Å²) >= 11 is 3.39. The van der Waals surface area contributed by atoms with E-state index in [0.29, 0.717) is 6.61 Å². The van der Waals surface area contributed by atoms with Crippen molar-refractivity contribution in [2.45, 2.75) is 32.7 Å². The third-order valence-corrected chi connectivity index (χ3v) is 2.94. The van der Waals surface area contributed by atoms with Crippen molar-refractivity contribution in [1.29, 1.82) is 0 Å². The van der Waals surface area contributed by atoms with Gasteiger partial charge >= 0.3 is 6.09 Å². The lowest BCUT2D eigenvalue weighted by Crippen LogP contribution is -2.29. The molecule has 0 saturated carbocycles. The van der Waals surface area contributed by atoms with E-state index < -0.39 is 0 Å². The smallest absolute Gasteiger partial charge is 0.407 e. The van der Waals surface area contributed by atoms with E-state index in [4.69, 9.17) is 4.74 Å². The minimum atomic E-state index is -0.346. The van der Waals surface area contributed by atoms with Gasteiger partial charge in [0.25, 0.3) is 0 Å². The first-order valence-electron chi connectivity index (χ1n) is 5.86. The van der Waals surface area contributed by atoms with Crippen molar-refractivity contribution in [2.24, 2.45) is 0 Å². The van der Waals surface area contributed by atoms with Gasteiger partial charge < -0.3 is 10.1 Å². The van der Waals surface area contributed by atoms with E-state index >= 15 is 0 Å². The highest BCUT2D eigenvalue weighted by Gasteiger charge is 2.12. The molecule has 0 heterocycles. The Morgan fingerprint density at radius 1 is 1.35 bits per heavy atom. The van der Waals surface area contributed by atoms with Gasteiger partial charge in [0, 0.05) is 4.47 Å². The minimum absolute atomic E-state index is 0.00690. The van der Waals surface area contributed by atoms with Crippen LogP contribution in [0.5, 0.6) is 0 Å². The van der Waals surface area contributed by atoms with Crippen molar-refractivity contribution in [3.63, 3.8) is 0 Å². The second-order valence-electron chi connectivity index (χ2n) is 3.79. The molecule has 4 heteroatoms. The molecule has 0 spiro atoms. The van der Waals surface area contributed by atoms with E-state index in [9.17, 15) is 4.79 Å². The van der Waals surface area contributed by atoms with Gasteiger partial charge in [0.15, 0.2) is 0 Å². The number of hydrogen-bond acceptors (Lipinski definition) is 2. The summed E-state index contributed by atoms with van der Waals surface area (Å²) < 4.78 is 6.04. The Labute approximate surface area is 111 Å². The fourth-order valence-corrected chi connectivity index (χ4v) is 1.76. The summed E-state index contributed by atoms with van der Waals surface area (Å²) in [4.78, 5) is 11.5. The Kier molecular flexibility index (Phi) is 6.05. The van der Waals surface area contributed by atoms with Crippen LogP contribution >= 0.6 is 15.9 Å². The highest BCUT2D eigenvalue weighted by atomic mass is 79.9. The van der Waals surface area contributed by atoms with Crippen molar-refractivity contribution in [2.75, 3.05) is 6.61 Å². The van der Waals surface area contributed by atoms with Crippen LogP contribution in [0.1, 0.15) is 38.3 Å². The molecule has 0 aliphatic carbocycles. The van der Waals surface area contributed by atoms with Gasteiger partial charge in [-0.05, 0) is 30.5 Å². The zero-order valence-corrected chi connectivity index (χ0v) is 11.8. The molecule has 0 aromatic heterocycles. The number of carbonyl (C=O) groups is 1. The second kappa shape index (κ2) is 7.33. The van der Waals surface area contributed by atoms with E-state index in [2.05, 4.69) is 21.2 Å². The maximum atomic E-state index is 11.5. The number of nitrogens with one attached hydrogen (secondary N) is 1. The van der Waals surface area contributed by atoms with Crippen molar-refractivity contribution < 1.29 is 9.53 Å². The van der Waals surface area contributed by atoms with Gasteiger partial charge in [-0.3, -0.25) is 0 Å². The molecule has 94 valence electrons. The number of rotatable bonds is 5. The molecule has 1 unspecified atom stereocenters. The number of halogens is 1. The van der Waals surface area contributed by atoms with Crippen LogP contribution in [0.25, 0.3) is 0 Å². The van der Waals surface area contributed by atoms with Crippen LogP contribution in [0.4, 0.5) is 4.79 Å². The Morgan fingerprint density at radius 2 is 2.00 bits per heavy atom. The molecule has 1 amide bonds. The van der Waals surface area contributed by atoms with Crippen molar-refractivity contribution in [1.82, 2.24) is 5.32 Å². The van der Waals surface area contributed by atoms with Crippen LogP contribution in [0.15, 0.2) is 28.7 Å². The van der Waals surface area contributed by atoms with Gasteiger partial charge in [-0.2, -0.15) is 0 Å². The second-order valence-corrected chi connectivity index (χ2v) is 4.71. The molecule has 1 N–H and O–H groups in total.